The number of alkyl halides is 1. The van der Waals surface area contributed by atoms with Gasteiger partial charge in [-0.2, -0.15) is 0 Å². The molecule has 5 nitrogen and oxygen atoms in total. The normalized spacial score (nSPS) is 17.0. The van der Waals surface area contributed by atoms with E-state index in [-0.39, 0.29) is 12.5 Å². The zero-order valence-electron chi connectivity index (χ0n) is 13.5. The molecule has 1 aromatic rings. The van der Waals surface area contributed by atoms with Gasteiger partial charge in [-0.05, 0) is 39.3 Å². The number of hydrogen-bond donors (Lipinski definition) is 0. The highest BCUT2D eigenvalue weighted by Gasteiger charge is 2.43. The first-order valence-electron chi connectivity index (χ1n) is 7.18. The van der Waals surface area contributed by atoms with E-state index in [1.165, 1.54) is 0 Å². The van der Waals surface area contributed by atoms with Gasteiger partial charge in [0.15, 0.2) is 6.07 Å². The van der Waals surface area contributed by atoms with Crippen molar-refractivity contribution in [3.05, 3.63) is 29.1 Å². The number of carbonyl (C=O) groups excluding carboxylic acids is 2. The van der Waals surface area contributed by atoms with E-state index in [1.54, 1.807) is 39.8 Å². The van der Waals surface area contributed by atoms with E-state index in [0.29, 0.717) is 16.8 Å². The molecule has 1 aliphatic heterocycles. The average Bonchev–Trinajstić information content (AvgIpc) is 2.81. The second-order valence-corrected chi connectivity index (χ2v) is 6.56. The van der Waals surface area contributed by atoms with Crippen molar-refractivity contribution in [1.82, 2.24) is 0 Å². The molecule has 0 fully saturated rings. The fraction of sp³-hybridized carbons (Fsp3) is 0.500. The molecule has 7 heteroatoms. The molecule has 1 aliphatic rings. The van der Waals surface area contributed by atoms with Crippen LogP contribution in [-0.2, 0) is 20.7 Å². The molecule has 1 amide bonds. The molecule has 1 atom stereocenters. The van der Waals surface area contributed by atoms with Crippen LogP contribution in [-0.4, -0.2) is 29.8 Å². The van der Waals surface area contributed by atoms with Crippen LogP contribution in [0, 0.1) is 12.7 Å². The molecule has 0 saturated heterocycles. The van der Waals surface area contributed by atoms with E-state index >= 15 is 0 Å². The van der Waals surface area contributed by atoms with E-state index < -0.39 is 29.5 Å². The molecule has 1 unspecified atom stereocenters. The number of aryl methyl sites for hydroxylation is 1. The Bertz CT molecular complexity index is 642. The van der Waals surface area contributed by atoms with Crippen molar-refractivity contribution in [2.24, 2.45) is 0 Å². The van der Waals surface area contributed by atoms with Crippen LogP contribution in [0.5, 0.6) is 0 Å². The summed E-state index contributed by atoms with van der Waals surface area (Å²) in [6.45, 7) is 6.76. The summed E-state index contributed by atoms with van der Waals surface area (Å²) < 4.78 is 24.5. The van der Waals surface area contributed by atoms with Crippen molar-refractivity contribution in [2.45, 2.75) is 45.8 Å². The summed E-state index contributed by atoms with van der Waals surface area (Å²) in [7, 11) is 0. The summed E-state index contributed by atoms with van der Waals surface area (Å²) in [5.74, 6) is -1.13. The van der Waals surface area contributed by atoms with Gasteiger partial charge in [0.2, 0.25) is 0 Å². The molecule has 1 aromatic carbocycles. The van der Waals surface area contributed by atoms with Crippen LogP contribution in [0.15, 0.2) is 12.1 Å². The zero-order chi connectivity index (χ0) is 17.4. The molecule has 0 radical (unpaired) electrons. The highest BCUT2D eigenvalue weighted by molar-refractivity contribution is 6.17. The van der Waals surface area contributed by atoms with Gasteiger partial charge in [0.25, 0.3) is 0 Å². The van der Waals surface area contributed by atoms with Gasteiger partial charge in [-0.25, -0.2) is 14.0 Å². The Hall–Kier alpha value is -1.82. The molecule has 0 aliphatic carbocycles. The van der Waals surface area contributed by atoms with Crippen LogP contribution >= 0.6 is 11.6 Å². The second-order valence-electron chi connectivity index (χ2n) is 6.34. The van der Waals surface area contributed by atoms with E-state index in [1.807, 2.05) is 0 Å². The summed E-state index contributed by atoms with van der Waals surface area (Å²) in [6.07, 6.45) is -0.700. The van der Waals surface area contributed by atoms with Crippen LogP contribution in [0.3, 0.4) is 0 Å². The Kier molecular flexibility index (Phi) is 4.84. The van der Waals surface area contributed by atoms with Gasteiger partial charge in [0.1, 0.15) is 17.5 Å². The molecule has 2 rings (SSSR count). The first kappa shape index (κ1) is 17.5. The SMILES string of the molecule is Cc1ccc2c(c1F)CC(C(=O)OCCl)N2C(=O)OC(C)(C)C. The molecule has 0 bridgehead atoms. The summed E-state index contributed by atoms with van der Waals surface area (Å²) in [5.41, 5.74) is 0.315. The van der Waals surface area contributed by atoms with Crippen molar-refractivity contribution in [3.63, 3.8) is 0 Å². The predicted molar refractivity (Wildman–Crippen MR) is 84.2 cm³/mol. The quantitative estimate of drug-likeness (QED) is 0.609. The number of esters is 1. The van der Waals surface area contributed by atoms with Crippen molar-refractivity contribution >= 4 is 29.4 Å². The smallest absolute Gasteiger partial charge is 0.415 e. The minimum Gasteiger partial charge on any atom is -0.448 e. The largest absolute Gasteiger partial charge is 0.448 e. The third-order valence-electron chi connectivity index (χ3n) is 3.44. The number of halogens is 2. The molecule has 0 aromatic heterocycles. The number of hydrogen-bond acceptors (Lipinski definition) is 4. The Morgan fingerprint density at radius 3 is 2.61 bits per heavy atom. The summed E-state index contributed by atoms with van der Waals surface area (Å²) in [5, 5.41) is 0. The second kappa shape index (κ2) is 6.35. The molecular formula is C16H19ClFNO4. The summed E-state index contributed by atoms with van der Waals surface area (Å²) in [4.78, 5) is 25.7. The molecular weight excluding hydrogens is 325 g/mol. The molecule has 0 saturated carbocycles. The van der Waals surface area contributed by atoms with E-state index in [0.717, 1.165) is 4.90 Å². The van der Waals surface area contributed by atoms with Crippen LogP contribution in [0.4, 0.5) is 14.9 Å². The van der Waals surface area contributed by atoms with E-state index in [9.17, 15) is 14.0 Å². The number of carbonyl (C=O) groups is 2. The van der Waals surface area contributed by atoms with Gasteiger partial charge >= 0.3 is 12.1 Å². The van der Waals surface area contributed by atoms with Crippen molar-refractivity contribution in [2.75, 3.05) is 11.0 Å². The van der Waals surface area contributed by atoms with Crippen LogP contribution in [0.1, 0.15) is 31.9 Å². The highest BCUT2D eigenvalue weighted by Crippen LogP contribution is 2.36. The standard InChI is InChI=1S/C16H19ClFNO4/c1-9-5-6-11-10(13(9)18)7-12(14(20)22-8-17)19(11)15(21)23-16(2,3)4/h5-6,12H,7-8H2,1-4H3. The summed E-state index contributed by atoms with van der Waals surface area (Å²) >= 11 is 5.42. The molecule has 23 heavy (non-hydrogen) atoms. The van der Waals surface area contributed by atoms with Gasteiger partial charge in [-0.15, -0.1) is 0 Å². The molecule has 0 spiro atoms. The van der Waals surface area contributed by atoms with E-state index in [4.69, 9.17) is 21.1 Å². The zero-order valence-corrected chi connectivity index (χ0v) is 14.2. The van der Waals surface area contributed by atoms with Gasteiger partial charge in [0.05, 0.1) is 5.69 Å². The number of amides is 1. The monoisotopic (exact) mass is 343 g/mol. The van der Waals surface area contributed by atoms with Gasteiger partial charge < -0.3 is 9.47 Å². The van der Waals surface area contributed by atoms with Crippen molar-refractivity contribution in [3.8, 4) is 0 Å². The number of fused-ring (bicyclic) bond motifs is 1. The fourth-order valence-electron chi connectivity index (χ4n) is 2.48. The number of benzene rings is 1. The lowest BCUT2D eigenvalue weighted by molar-refractivity contribution is -0.143. The lowest BCUT2D eigenvalue weighted by Crippen LogP contribution is -2.46. The van der Waals surface area contributed by atoms with Crippen molar-refractivity contribution < 1.29 is 23.5 Å². The third kappa shape index (κ3) is 3.58. The Morgan fingerprint density at radius 1 is 1.39 bits per heavy atom. The topological polar surface area (TPSA) is 55.8 Å². The molecule has 126 valence electrons. The Labute approximate surface area is 139 Å². The Balaban J connectivity index is 2.43. The Morgan fingerprint density at radius 2 is 2.04 bits per heavy atom. The fourth-order valence-corrected chi connectivity index (χ4v) is 2.58. The molecule has 1 heterocycles. The van der Waals surface area contributed by atoms with Gasteiger partial charge in [-0.3, -0.25) is 4.90 Å². The average molecular weight is 344 g/mol. The number of rotatable bonds is 2. The number of anilines is 1. The van der Waals surface area contributed by atoms with E-state index in [2.05, 4.69) is 0 Å². The highest BCUT2D eigenvalue weighted by atomic mass is 35.5. The lowest BCUT2D eigenvalue weighted by Gasteiger charge is -2.28. The van der Waals surface area contributed by atoms with Gasteiger partial charge in [-0.1, -0.05) is 17.7 Å². The van der Waals surface area contributed by atoms with Crippen molar-refractivity contribution in [1.29, 1.82) is 0 Å². The predicted octanol–water partition coefficient (Wildman–Crippen LogP) is 3.54. The first-order chi connectivity index (χ1) is 10.7. The number of nitrogens with zero attached hydrogens (tertiary/aromatic N) is 1. The maximum absolute atomic E-state index is 14.3. The van der Waals surface area contributed by atoms with Crippen LogP contribution in [0.25, 0.3) is 0 Å². The molecule has 0 N–H and O–H groups in total. The maximum Gasteiger partial charge on any atom is 0.415 e. The van der Waals surface area contributed by atoms with Crippen LogP contribution < -0.4 is 4.90 Å². The maximum atomic E-state index is 14.3. The lowest BCUT2D eigenvalue weighted by atomic mass is 10.1. The first-order valence-corrected chi connectivity index (χ1v) is 7.72. The van der Waals surface area contributed by atoms with Crippen LogP contribution in [0.2, 0.25) is 0 Å². The number of ether oxygens (including phenoxy) is 2. The van der Waals surface area contributed by atoms with Gasteiger partial charge in [0, 0.05) is 12.0 Å². The minimum absolute atomic E-state index is 0.0256. The summed E-state index contributed by atoms with van der Waals surface area (Å²) in [6, 6.07) is 1.83. The third-order valence-corrected chi connectivity index (χ3v) is 3.55. The minimum atomic E-state index is -0.991.